The van der Waals surface area contributed by atoms with E-state index in [2.05, 4.69) is 18.3 Å². The van der Waals surface area contributed by atoms with Crippen molar-refractivity contribution in [3.8, 4) is 0 Å². The second kappa shape index (κ2) is 4.83. The van der Waals surface area contributed by atoms with Crippen molar-refractivity contribution in [3.63, 3.8) is 0 Å². The number of dihydropyridines is 1. The monoisotopic (exact) mass is 169 g/mol. The molecule has 3 heteroatoms. The van der Waals surface area contributed by atoms with Gasteiger partial charge in [-0.05, 0) is 13.0 Å². The van der Waals surface area contributed by atoms with Crippen LogP contribution in [0.3, 0.4) is 0 Å². The minimum Gasteiger partial charge on any atom is -0.479 e. The van der Waals surface area contributed by atoms with Crippen LogP contribution in [0.25, 0.3) is 0 Å². The molecule has 0 fully saturated rings. The molecule has 1 unspecified atom stereocenters. The predicted octanol–water partition coefficient (Wildman–Crippen LogP) is 0.775. The standard InChI is InChI=1S/C9H15NO2/c1-8-4-2-5-9(10-8)12-7-3-6-11/h2,4-5,8,10-11H,3,6-7H2,1H3. The summed E-state index contributed by atoms with van der Waals surface area (Å²) in [4.78, 5) is 0. The van der Waals surface area contributed by atoms with Gasteiger partial charge in [-0.15, -0.1) is 0 Å². The van der Waals surface area contributed by atoms with Gasteiger partial charge < -0.3 is 15.2 Å². The van der Waals surface area contributed by atoms with E-state index in [9.17, 15) is 0 Å². The fourth-order valence-corrected chi connectivity index (χ4v) is 0.967. The quantitative estimate of drug-likeness (QED) is 0.611. The van der Waals surface area contributed by atoms with Gasteiger partial charge in [-0.3, -0.25) is 0 Å². The molecule has 1 rings (SSSR count). The van der Waals surface area contributed by atoms with Crippen LogP contribution in [0.4, 0.5) is 0 Å². The summed E-state index contributed by atoms with van der Waals surface area (Å²) in [7, 11) is 0. The largest absolute Gasteiger partial charge is 0.479 e. The van der Waals surface area contributed by atoms with Crippen LogP contribution in [0.5, 0.6) is 0 Å². The zero-order valence-corrected chi connectivity index (χ0v) is 7.29. The summed E-state index contributed by atoms with van der Waals surface area (Å²) in [6.07, 6.45) is 6.59. The summed E-state index contributed by atoms with van der Waals surface area (Å²) in [5.74, 6) is 0.790. The van der Waals surface area contributed by atoms with Crippen LogP contribution < -0.4 is 5.32 Å². The van der Waals surface area contributed by atoms with E-state index in [0.717, 1.165) is 5.88 Å². The number of hydrogen-bond acceptors (Lipinski definition) is 3. The highest BCUT2D eigenvalue weighted by atomic mass is 16.5. The molecule has 0 bridgehead atoms. The molecule has 0 aromatic heterocycles. The maximum absolute atomic E-state index is 8.51. The normalized spacial score (nSPS) is 21.5. The third kappa shape index (κ3) is 2.96. The Balaban J connectivity index is 2.23. The average Bonchev–Trinajstić information content (AvgIpc) is 2.05. The van der Waals surface area contributed by atoms with E-state index in [4.69, 9.17) is 9.84 Å². The SMILES string of the molecule is CC1C=CC=C(OCCCO)N1. The number of nitrogens with one attached hydrogen (secondary N) is 1. The van der Waals surface area contributed by atoms with Gasteiger partial charge >= 0.3 is 0 Å². The Kier molecular flexibility index (Phi) is 3.67. The van der Waals surface area contributed by atoms with E-state index in [0.29, 0.717) is 19.1 Å². The van der Waals surface area contributed by atoms with E-state index >= 15 is 0 Å². The van der Waals surface area contributed by atoms with Crippen molar-refractivity contribution in [2.24, 2.45) is 0 Å². The van der Waals surface area contributed by atoms with E-state index in [1.165, 1.54) is 0 Å². The summed E-state index contributed by atoms with van der Waals surface area (Å²) in [6.45, 7) is 2.80. The lowest BCUT2D eigenvalue weighted by atomic mass is 10.2. The Morgan fingerprint density at radius 1 is 1.67 bits per heavy atom. The van der Waals surface area contributed by atoms with E-state index in [-0.39, 0.29) is 6.61 Å². The van der Waals surface area contributed by atoms with Crippen molar-refractivity contribution >= 4 is 0 Å². The zero-order valence-electron chi connectivity index (χ0n) is 7.29. The first-order valence-corrected chi connectivity index (χ1v) is 4.21. The lowest BCUT2D eigenvalue weighted by molar-refractivity contribution is 0.159. The minimum atomic E-state index is 0.179. The van der Waals surface area contributed by atoms with Gasteiger partial charge in [-0.1, -0.05) is 12.2 Å². The van der Waals surface area contributed by atoms with Crippen LogP contribution in [0, 0.1) is 0 Å². The van der Waals surface area contributed by atoms with Gasteiger partial charge in [0.15, 0.2) is 5.88 Å². The number of hydrogen-bond donors (Lipinski definition) is 2. The van der Waals surface area contributed by atoms with Crippen LogP contribution in [0.2, 0.25) is 0 Å². The first kappa shape index (κ1) is 9.13. The molecule has 0 saturated carbocycles. The Bertz CT molecular complexity index is 187. The summed E-state index contributed by atoms with van der Waals surface area (Å²) < 4.78 is 5.33. The Labute approximate surface area is 72.7 Å². The molecule has 1 aliphatic rings. The van der Waals surface area contributed by atoms with E-state index in [1.54, 1.807) is 0 Å². The van der Waals surface area contributed by atoms with Gasteiger partial charge in [-0.2, -0.15) is 0 Å². The molecule has 2 N–H and O–H groups in total. The molecular weight excluding hydrogens is 154 g/mol. The summed E-state index contributed by atoms with van der Waals surface area (Å²) in [5.41, 5.74) is 0. The average molecular weight is 169 g/mol. The summed E-state index contributed by atoms with van der Waals surface area (Å²) in [6, 6.07) is 0.333. The van der Waals surface area contributed by atoms with Crippen LogP contribution in [0.1, 0.15) is 13.3 Å². The van der Waals surface area contributed by atoms with E-state index < -0.39 is 0 Å². The molecule has 0 spiro atoms. The van der Waals surface area contributed by atoms with Crippen LogP contribution in [-0.4, -0.2) is 24.4 Å². The Morgan fingerprint density at radius 3 is 3.17 bits per heavy atom. The topological polar surface area (TPSA) is 41.5 Å². The number of aliphatic hydroxyl groups excluding tert-OH is 1. The fourth-order valence-electron chi connectivity index (χ4n) is 0.967. The van der Waals surface area contributed by atoms with E-state index in [1.807, 2.05) is 12.2 Å². The highest BCUT2D eigenvalue weighted by Crippen LogP contribution is 2.03. The van der Waals surface area contributed by atoms with Gasteiger partial charge in [0.1, 0.15) is 0 Å². The zero-order chi connectivity index (χ0) is 8.81. The van der Waals surface area contributed by atoms with Crippen LogP contribution in [0.15, 0.2) is 24.1 Å². The third-order valence-corrected chi connectivity index (χ3v) is 1.58. The highest BCUT2D eigenvalue weighted by Gasteiger charge is 2.04. The lowest BCUT2D eigenvalue weighted by Gasteiger charge is -2.18. The predicted molar refractivity (Wildman–Crippen MR) is 47.5 cm³/mol. The van der Waals surface area contributed by atoms with Crippen molar-refractivity contribution in [1.82, 2.24) is 5.32 Å². The molecule has 68 valence electrons. The Hall–Kier alpha value is -0.960. The van der Waals surface area contributed by atoms with Gasteiger partial charge in [0.05, 0.1) is 6.61 Å². The molecule has 3 nitrogen and oxygen atoms in total. The number of ether oxygens (including phenoxy) is 1. The summed E-state index contributed by atoms with van der Waals surface area (Å²) in [5, 5.41) is 11.7. The smallest absolute Gasteiger partial charge is 0.187 e. The fraction of sp³-hybridized carbons (Fsp3) is 0.556. The van der Waals surface area contributed by atoms with Gasteiger partial charge in [0.25, 0.3) is 0 Å². The molecule has 0 aromatic carbocycles. The molecule has 1 aliphatic heterocycles. The molecule has 0 aromatic rings. The Morgan fingerprint density at radius 2 is 2.50 bits per heavy atom. The van der Waals surface area contributed by atoms with Crippen molar-refractivity contribution < 1.29 is 9.84 Å². The number of aliphatic hydroxyl groups is 1. The minimum absolute atomic E-state index is 0.179. The number of allylic oxidation sites excluding steroid dienone is 2. The maximum Gasteiger partial charge on any atom is 0.187 e. The van der Waals surface area contributed by atoms with Crippen LogP contribution >= 0.6 is 0 Å². The van der Waals surface area contributed by atoms with Gasteiger partial charge in [0, 0.05) is 19.1 Å². The molecular formula is C9H15NO2. The van der Waals surface area contributed by atoms with Crippen molar-refractivity contribution in [2.75, 3.05) is 13.2 Å². The van der Waals surface area contributed by atoms with Gasteiger partial charge in [-0.25, -0.2) is 0 Å². The molecule has 1 heterocycles. The van der Waals surface area contributed by atoms with Crippen molar-refractivity contribution in [2.45, 2.75) is 19.4 Å². The molecule has 0 saturated heterocycles. The highest BCUT2D eigenvalue weighted by molar-refractivity contribution is 5.15. The first-order valence-electron chi connectivity index (χ1n) is 4.21. The molecule has 0 amide bonds. The molecule has 12 heavy (non-hydrogen) atoms. The van der Waals surface area contributed by atoms with Gasteiger partial charge in [0.2, 0.25) is 0 Å². The van der Waals surface area contributed by atoms with Crippen molar-refractivity contribution in [3.05, 3.63) is 24.1 Å². The lowest BCUT2D eigenvalue weighted by Crippen LogP contribution is -2.27. The summed E-state index contributed by atoms with van der Waals surface area (Å²) >= 11 is 0. The first-order chi connectivity index (χ1) is 5.83. The third-order valence-electron chi connectivity index (χ3n) is 1.58. The number of rotatable bonds is 4. The maximum atomic E-state index is 8.51. The second-order valence-corrected chi connectivity index (χ2v) is 2.77. The molecule has 1 atom stereocenters. The van der Waals surface area contributed by atoms with Crippen molar-refractivity contribution in [1.29, 1.82) is 0 Å². The molecule has 0 aliphatic carbocycles. The van der Waals surface area contributed by atoms with Crippen LogP contribution in [-0.2, 0) is 4.74 Å². The second-order valence-electron chi connectivity index (χ2n) is 2.77. The molecule has 0 radical (unpaired) electrons.